The third-order valence-electron chi connectivity index (χ3n) is 1.50. The molecule has 0 aromatic carbocycles. The number of hydrogen-bond donors (Lipinski definition) is 2. The molecular formula is C8H13NO2S. The van der Waals surface area contributed by atoms with E-state index in [1.807, 2.05) is 13.8 Å². The molecule has 12 heavy (non-hydrogen) atoms. The van der Waals surface area contributed by atoms with E-state index in [9.17, 15) is 10.2 Å². The van der Waals surface area contributed by atoms with Gasteiger partial charge < -0.3 is 10.2 Å². The lowest BCUT2D eigenvalue weighted by Gasteiger charge is -2.02. The van der Waals surface area contributed by atoms with Crippen LogP contribution in [0.15, 0.2) is 11.0 Å². The van der Waals surface area contributed by atoms with Crippen LogP contribution in [0.1, 0.15) is 13.8 Å². The van der Waals surface area contributed by atoms with Gasteiger partial charge in [0, 0.05) is 18.4 Å². The summed E-state index contributed by atoms with van der Waals surface area (Å²) in [6.45, 7) is 4.07. The average Bonchev–Trinajstić information content (AvgIpc) is 2.17. The van der Waals surface area contributed by atoms with Crippen molar-refractivity contribution in [1.82, 2.24) is 4.57 Å². The second-order valence-corrected chi connectivity index (χ2v) is 4.53. The van der Waals surface area contributed by atoms with E-state index in [2.05, 4.69) is 0 Å². The maximum Gasteiger partial charge on any atom is 0.207 e. The molecule has 2 N–H and O–H groups in total. The molecule has 68 valence electrons. The van der Waals surface area contributed by atoms with Gasteiger partial charge >= 0.3 is 0 Å². The topological polar surface area (TPSA) is 45.4 Å². The summed E-state index contributed by atoms with van der Waals surface area (Å²) in [6, 6.07) is 1.57. The zero-order chi connectivity index (χ0) is 9.30. The zero-order valence-corrected chi connectivity index (χ0v) is 8.22. The largest absolute Gasteiger partial charge is 0.494 e. The lowest BCUT2D eigenvalue weighted by molar-refractivity contribution is 0.383. The van der Waals surface area contributed by atoms with E-state index in [4.69, 9.17) is 0 Å². The fourth-order valence-corrected chi connectivity index (χ4v) is 1.82. The SMILES string of the molecule is CC(C)Sc1cc(O)n(C)c1O. The summed E-state index contributed by atoms with van der Waals surface area (Å²) >= 11 is 1.53. The van der Waals surface area contributed by atoms with E-state index in [0.717, 1.165) is 4.90 Å². The van der Waals surface area contributed by atoms with Gasteiger partial charge in [-0.15, -0.1) is 11.8 Å². The Hall–Kier alpha value is -0.770. The predicted octanol–water partition coefficient (Wildman–Crippen LogP) is 1.94. The van der Waals surface area contributed by atoms with E-state index in [-0.39, 0.29) is 11.8 Å². The molecular weight excluding hydrogens is 174 g/mol. The van der Waals surface area contributed by atoms with Crippen LogP contribution in [0.25, 0.3) is 0 Å². The van der Waals surface area contributed by atoms with Gasteiger partial charge in [0.1, 0.15) is 0 Å². The fourth-order valence-electron chi connectivity index (χ4n) is 0.893. The molecule has 0 aliphatic heterocycles. The normalized spacial score (nSPS) is 11.0. The van der Waals surface area contributed by atoms with Crippen LogP contribution < -0.4 is 0 Å². The summed E-state index contributed by atoms with van der Waals surface area (Å²) < 4.78 is 1.35. The molecule has 0 unspecified atom stereocenters. The minimum atomic E-state index is 0.0932. The Balaban J connectivity index is 2.93. The lowest BCUT2D eigenvalue weighted by Crippen LogP contribution is -1.86. The third-order valence-corrected chi connectivity index (χ3v) is 2.53. The maximum absolute atomic E-state index is 9.45. The van der Waals surface area contributed by atoms with Gasteiger partial charge in [-0.1, -0.05) is 13.8 Å². The second kappa shape index (κ2) is 3.31. The minimum absolute atomic E-state index is 0.0932. The van der Waals surface area contributed by atoms with Gasteiger partial charge in [-0.2, -0.15) is 0 Å². The summed E-state index contributed by atoms with van der Waals surface area (Å²) in [5.41, 5.74) is 0. The van der Waals surface area contributed by atoms with Crippen molar-refractivity contribution in [2.24, 2.45) is 7.05 Å². The Morgan fingerprint density at radius 3 is 2.33 bits per heavy atom. The van der Waals surface area contributed by atoms with E-state index in [1.165, 1.54) is 16.3 Å². The molecule has 0 aliphatic carbocycles. The number of aromatic nitrogens is 1. The Morgan fingerprint density at radius 2 is 2.00 bits per heavy atom. The second-order valence-electron chi connectivity index (χ2n) is 2.92. The fraction of sp³-hybridized carbons (Fsp3) is 0.500. The highest BCUT2D eigenvalue weighted by atomic mass is 32.2. The summed E-state index contributed by atoms with van der Waals surface area (Å²) in [6.07, 6.45) is 0. The van der Waals surface area contributed by atoms with Gasteiger partial charge in [0.05, 0.1) is 4.90 Å². The molecule has 4 heteroatoms. The smallest absolute Gasteiger partial charge is 0.207 e. The number of thioether (sulfide) groups is 1. The molecule has 0 amide bonds. The van der Waals surface area contributed by atoms with Crippen molar-refractivity contribution in [1.29, 1.82) is 0 Å². The molecule has 0 atom stereocenters. The Morgan fingerprint density at radius 1 is 1.42 bits per heavy atom. The summed E-state index contributed by atoms with van der Waals surface area (Å²) in [4.78, 5) is 0.727. The highest BCUT2D eigenvalue weighted by Crippen LogP contribution is 2.36. The predicted molar refractivity (Wildman–Crippen MR) is 49.7 cm³/mol. The van der Waals surface area contributed by atoms with Crippen molar-refractivity contribution in [2.45, 2.75) is 24.0 Å². The first-order valence-electron chi connectivity index (χ1n) is 3.76. The van der Waals surface area contributed by atoms with Gasteiger partial charge in [0.2, 0.25) is 5.88 Å². The first kappa shape index (κ1) is 9.32. The highest BCUT2D eigenvalue weighted by Gasteiger charge is 2.11. The van der Waals surface area contributed by atoms with Crippen LogP contribution in [0, 0.1) is 0 Å². The minimum Gasteiger partial charge on any atom is -0.494 e. The molecule has 1 aromatic rings. The number of aromatic hydroxyl groups is 2. The van der Waals surface area contributed by atoms with Gasteiger partial charge in [-0.25, -0.2) is 0 Å². The standard InChI is InChI=1S/C8H13NO2S/c1-5(2)12-6-4-7(10)9(3)8(6)11/h4-5,10-11H,1-3H3. The van der Waals surface area contributed by atoms with E-state index >= 15 is 0 Å². The first-order chi connectivity index (χ1) is 5.52. The first-order valence-corrected chi connectivity index (χ1v) is 4.64. The lowest BCUT2D eigenvalue weighted by atomic mass is 10.6. The van der Waals surface area contributed by atoms with Crippen LogP contribution in [0.3, 0.4) is 0 Å². The third kappa shape index (κ3) is 1.69. The van der Waals surface area contributed by atoms with Gasteiger partial charge in [0.25, 0.3) is 0 Å². The number of nitrogens with zero attached hydrogens (tertiary/aromatic N) is 1. The van der Waals surface area contributed by atoms with Crippen LogP contribution in [-0.4, -0.2) is 20.0 Å². The van der Waals surface area contributed by atoms with Crippen molar-refractivity contribution >= 4 is 11.8 Å². The van der Waals surface area contributed by atoms with Crippen LogP contribution in [-0.2, 0) is 7.05 Å². The quantitative estimate of drug-likeness (QED) is 0.695. The van der Waals surface area contributed by atoms with E-state index in [1.54, 1.807) is 13.1 Å². The van der Waals surface area contributed by atoms with Crippen molar-refractivity contribution in [3.8, 4) is 11.8 Å². The number of hydrogen-bond acceptors (Lipinski definition) is 3. The molecule has 0 saturated heterocycles. The molecule has 0 bridgehead atoms. The highest BCUT2D eigenvalue weighted by molar-refractivity contribution is 8.00. The number of rotatable bonds is 2. The van der Waals surface area contributed by atoms with Crippen LogP contribution in [0.2, 0.25) is 0 Å². The van der Waals surface area contributed by atoms with Gasteiger partial charge in [-0.05, 0) is 0 Å². The molecule has 3 nitrogen and oxygen atoms in total. The van der Waals surface area contributed by atoms with E-state index in [0.29, 0.717) is 5.25 Å². The maximum atomic E-state index is 9.45. The Kier molecular flexibility index (Phi) is 2.57. The molecule has 1 rings (SSSR count). The summed E-state index contributed by atoms with van der Waals surface area (Å²) in [7, 11) is 1.62. The molecule has 0 radical (unpaired) electrons. The molecule has 0 aliphatic rings. The van der Waals surface area contributed by atoms with Crippen molar-refractivity contribution < 1.29 is 10.2 Å². The molecule has 0 saturated carbocycles. The van der Waals surface area contributed by atoms with Gasteiger partial charge in [0.15, 0.2) is 5.88 Å². The van der Waals surface area contributed by atoms with Crippen molar-refractivity contribution in [3.63, 3.8) is 0 Å². The molecule has 1 aromatic heterocycles. The zero-order valence-electron chi connectivity index (χ0n) is 7.40. The van der Waals surface area contributed by atoms with Crippen LogP contribution in [0.5, 0.6) is 11.8 Å². The average molecular weight is 187 g/mol. The van der Waals surface area contributed by atoms with Crippen LogP contribution >= 0.6 is 11.8 Å². The van der Waals surface area contributed by atoms with Crippen LogP contribution in [0.4, 0.5) is 0 Å². The Labute approximate surface area is 76.0 Å². The monoisotopic (exact) mass is 187 g/mol. The summed E-state index contributed by atoms with van der Waals surface area (Å²) in [5.74, 6) is 0.224. The van der Waals surface area contributed by atoms with E-state index < -0.39 is 0 Å². The molecule has 1 heterocycles. The van der Waals surface area contributed by atoms with Crippen molar-refractivity contribution in [2.75, 3.05) is 0 Å². The molecule has 0 fully saturated rings. The van der Waals surface area contributed by atoms with Crippen molar-refractivity contribution in [3.05, 3.63) is 6.07 Å². The summed E-state index contributed by atoms with van der Waals surface area (Å²) in [5, 5.41) is 19.1. The Bertz CT molecular complexity index is 281. The molecule has 0 spiro atoms. The van der Waals surface area contributed by atoms with Gasteiger partial charge in [-0.3, -0.25) is 4.57 Å².